The van der Waals surface area contributed by atoms with Gasteiger partial charge in [-0.05, 0) is 12.8 Å². The number of hydrogen-bond acceptors (Lipinski definition) is 4. The minimum Gasteiger partial charge on any atom is -0.407 e. The summed E-state index contributed by atoms with van der Waals surface area (Å²) in [5.74, 6) is 0.791. The molecule has 0 aromatic carbocycles. The minimum absolute atomic E-state index is 0.292. The van der Waals surface area contributed by atoms with Crippen molar-refractivity contribution >= 4 is 17.6 Å². The largest absolute Gasteiger partial charge is 0.407 e. The molecule has 5 heteroatoms. The Labute approximate surface area is 75.5 Å². The van der Waals surface area contributed by atoms with Crippen LogP contribution in [0.5, 0.6) is 0 Å². The Kier molecular flexibility index (Phi) is 2.17. The van der Waals surface area contributed by atoms with Gasteiger partial charge in [-0.15, -0.1) is 16.7 Å². The molecule has 0 amide bonds. The first-order valence-electron chi connectivity index (χ1n) is 4.03. The molecule has 1 fully saturated rings. The Balaban J connectivity index is 2.11. The lowest BCUT2D eigenvalue weighted by molar-refractivity contribution is 0.508. The number of nitrogens with zero attached hydrogens (tertiary/aromatic N) is 3. The van der Waals surface area contributed by atoms with Gasteiger partial charge in [0, 0.05) is 13.1 Å². The normalized spacial score (nSPS) is 17.2. The fourth-order valence-electron chi connectivity index (χ4n) is 1.33. The third-order valence-corrected chi connectivity index (χ3v) is 2.18. The van der Waals surface area contributed by atoms with Crippen LogP contribution in [-0.2, 0) is 5.88 Å². The number of halogens is 1. The highest BCUT2D eigenvalue weighted by atomic mass is 35.5. The molecule has 1 aliphatic rings. The van der Waals surface area contributed by atoms with Crippen LogP contribution in [0.4, 0.5) is 6.01 Å². The summed E-state index contributed by atoms with van der Waals surface area (Å²) < 4.78 is 5.29. The van der Waals surface area contributed by atoms with Crippen LogP contribution in [0.3, 0.4) is 0 Å². The van der Waals surface area contributed by atoms with Crippen molar-refractivity contribution in [3.05, 3.63) is 5.89 Å². The molecule has 0 spiro atoms. The predicted molar refractivity (Wildman–Crippen MR) is 45.3 cm³/mol. The van der Waals surface area contributed by atoms with Gasteiger partial charge in [0.05, 0.1) is 0 Å². The maximum absolute atomic E-state index is 5.53. The van der Waals surface area contributed by atoms with Crippen LogP contribution in [0.2, 0.25) is 0 Å². The smallest absolute Gasteiger partial charge is 0.318 e. The third-order valence-electron chi connectivity index (χ3n) is 1.95. The molecular formula is C7H10ClN3O. The molecule has 0 radical (unpaired) electrons. The number of anilines is 1. The highest BCUT2D eigenvalue weighted by molar-refractivity contribution is 6.16. The van der Waals surface area contributed by atoms with E-state index in [-0.39, 0.29) is 0 Å². The molecule has 1 aromatic rings. The number of aromatic nitrogens is 2. The van der Waals surface area contributed by atoms with Gasteiger partial charge in [-0.2, -0.15) is 0 Å². The molecule has 12 heavy (non-hydrogen) atoms. The Morgan fingerprint density at radius 3 is 2.67 bits per heavy atom. The second-order valence-corrected chi connectivity index (χ2v) is 3.07. The van der Waals surface area contributed by atoms with E-state index in [0.29, 0.717) is 17.8 Å². The zero-order valence-electron chi connectivity index (χ0n) is 6.66. The summed E-state index contributed by atoms with van der Waals surface area (Å²) in [6, 6.07) is 0.614. The topological polar surface area (TPSA) is 42.2 Å². The van der Waals surface area contributed by atoms with Crippen LogP contribution in [-0.4, -0.2) is 23.3 Å². The quantitative estimate of drug-likeness (QED) is 0.657. The fourth-order valence-corrected chi connectivity index (χ4v) is 1.44. The lowest BCUT2D eigenvalue weighted by atomic mass is 10.4. The summed E-state index contributed by atoms with van der Waals surface area (Å²) in [5.41, 5.74) is 0. The van der Waals surface area contributed by atoms with Gasteiger partial charge in [0.2, 0.25) is 5.89 Å². The Bertz CT molecular complexity index is 257. The van der Waals surface area contributed by atoms with Crippen molar-refractivity contribution in [2.75, 3.05) is 18.0 Å². The molecule has 0 aliphatic carbocycles. The fraction of sp³-hybridized carbons (Fsp3) is 0.714. The average Bonchev–Trinajstić information content (AvgIpc) is 2.75. The molecule has 0 unspecified atom stereocenters. The van der Waals surface area contributed by atoms with Crippen LogP contribution in [0.1, 0.15) is 18.7 Å². The number of hydrogen-bond donors (Lipinski definition) is 0. The van der Waals surface area contributed by atoms with E-state index in [2.05, 4.69) is 15.1 Å². The standard InChI is InChI=1S/C7H10ClN3O/c8-5-6-9-10-7(12-6)11-3-1-2-4-11/h1-5H2. The molecule has 0 bridgehead atoms. The van der Waals surface area contributed by atoms with Crippen LogP contribution < -0.4 is 4.90 Å². The zero-order valence-corrected chi connectivity index (χ0v) is 7.42. The predicted octanol–water partition coefficient (Wildman–Crippen LogP) is 1.41. The van der Waals surface area contributed by atoms with Crippen molar-refractivity contribution in [1.82, 2.24) is 10.2 Å². The lowest BCUT2D eigenvalue weighted by Gasteiger charge is -2.09. The molecule has 1 aliphatic heterocycles. The summed E-state index contributed by atoms with van der Waals surface area (Å²) in [6.45, 7) is 2.04. The Morgan fingerprint density at radius 1 is 1.33 bits per heavy atom. The summed E-state index contributed by atoms with van der Waals surface area (Å²) >= 11 is 5.53. The Hall–Kier alpha value is -0.770. The first-order valence-corrected chi connectivity index (χ1v) is 4.57. The van der Waals surface area contributed by atoms with E-state index in [1.165, 1.54) is 12.8 Å². The van der Waals surface area contributed by atoms with Crippen molar-refractivity contribution in [1.29, 1.82) is 0 Å². The highest BCUT2D eigenvalue weighted by Gasteiger charge is 2.17. The lowest BCUT2D eigenvalue weighted by Crippen LogP contribution is -2.17. The second kappa shape index (κ2) is 3.31. The monoisotopic (exact) mass is 187 g/mol. The van der Waals surface area contributed by atoms with Gasteiger partial charge in [0.25, 0.3) is 0 Å². The minimum atomic E-state index is 0.292. The van der Waals surface area contributed by atoms with Gasteiger partial charge >= 0.3 is 6.01 Å². The van der Waals surface area contributed by atoms with Gasteiger partial charge in [0.1, 0.15) is 5.88 Å². The van der Waals surface area contributed by atoms with E-state index in [1.807, 2.05) is 0 Å². The van der Waals surface area contributed by atoms with E-state index in [0.717, 1.165) is 13.1 Å². The molecule has 2 heterocycles. The third kappa shape index (κ3) is 1.39. The summed E-state index contributed by atoms with van der Waals surface area (Å²) in [7, 11) is 0. The molecule has 0 saturated carbocycles. The second-order valence-electron chi connectivity index (χ2n) is 2.81. The van der Waals surface area contributed by atoms with Crippen LogP contribution >= 0.6 is 11.6 Å². The van der Waals surface area contributed by atoms with Crippen LogP contribution in [0.15, 0.2) is 4.42 Å². The van der Waals surface area contributed by atoms with E-state index in [4.69, 9.17) is 16.0 Å². The maximum Gasteiger partial charge on any atom is 0.318 e. The van der Waals surface area contributed by atoms with Crippen molar-refractivity contribution in [2.45, 2.75) is 18.7 Å². The van der Waals surface area contributed by atoms with Crippen LogP contribution in [0.25, 0.3) is 0 Å². The molecule has 1 saturated heterocycles. The van der Waals surface area contributed by atoms with Gasteiger partial charge in [-0.1, -0.05) is 5.10 Å². The first-order chi connectivity index (χ1) is 5.90. The van der Waals surface area contributed by atoms with Crippen molar-refractivity contribution in [3.8, 4) is 0 Å². The molecular weight excluding hydrogens is 178 g/mol. The van der Waals surface area contributed by atoms with Gasteiger partial charge in [0.15, 0.2) is 0 Å². The molecule has 1 aromatic heterocycles. The van der Waals surface area contributed by atoms with Gasteiger partial charge < -0.3 is 9.32 Å². The Morgan fingerprint density at radius 2 is 2.08 bits per heavy atom. The zero-order chi connectivity index (χ0) is 8.39. The average molecular weight is 188 g/mol. The van der Waals surface area contributed by atoms with E-state index in [1.54, 1.807) is 0 Å². The van der Waals surface area contributed by atoms with Crippen LogP contribution in [0, 0.1) is 0 Å². The number of rotatable bonds is 2. The first kappa shape index (κ1) is 7.86. The SMILES string of the molecule is ClCc1nnc(N2CCCC2)o1. The van der Waals surface area contributed by atoms with E-state index >= 15 is 0 Å². The van der Waals surface area contributed by atoms with E-state index in [9.17, 15) is 0 Å². The molecule has 66 valence electrons. The molecule has 0 atom stereocenters. The summed E-state index contributed by atoms with van der Waals surface area (Å²) in [6.07, 6.45) is 2.41. The molecule has 4 nitrogen and oxygen atoms in total. The highest BCUT2D eigenvalue weighted by Crippen LogP contribution is 2.18. The number of alkyl halides is 1. The maximum atomic E-state index is 5.53. The van der Waals surface area contributed by atoms with Gasteiger partial charge in [-0.25, -0.2) is 0 Å². The van der Waals surface area contributed by atoms with Crippen molar-refractivity contribution in [3.63, 3.8) is 0 Å². The summed E-state index contributed by atoms with van der Waals surface area (Å²) in [5, 5.41) is 7.68. The van der Waals surface area contributed by atoms with E-state index < -0.39 is 0 Å². The van der Waals surface area contributed by atoms with Crippen molar-refractivity contribution < 1.29 is 4.42 Å². The summed E-state index contributed by atoms with van der Waals surface area (Å²) in [4.78, 5) is 2.09. The van der Waals surface area contributed by atoms with Crippen molar-refractivity contribution in [2.24, 2.45) is 0 Å². The van der Waals surface area contributed by atoms with Gasteiger partial charge in [-0.3, -0.25) is 0 Å². The molecule has 0 N–H and O–H groups in total. The molecule has 2 rings (SSSR count).